The Balaban J connectivity index is 2.23. The Bertz CT molecular complexity index is 951. The average molecular weight is 353 g/mol. The van der Waals surface area contributed by atoms with Gasteiger partial charge in [0.2, 0.25) is 11.5 Å². The van der Waals surface area contributed by atoms with Crippen LogP contribution in [-0.2, 0) is 0 Å². The van der Waals surface area contributed by atoms with Crippen LogP contribution < -0.4 is 18.9 Å². The van der Waals surface area contributed by atoms with Gasteiger partial charge in [-0.15, -0.1) is 0 Å². The lowest BCUT2D eigenvalue weighted by molar-refractivity contribution is 0.103. The average Bonchev–Trinajstić information content (AvgIpc) is 2.71. The number of hydrogen-bond donors (Lipinski definition) is 0. The molecule has 0 saturated carbocycles. The number of pyridine rings is 1. The maximum atomic E-state index is 13.1. The standard InChI is InChI=1S/C20H19NO5/c1-23-14-7-5-12(6-8-14)18(22)17-16-13(9-10-21-17)11-15(24-2)19(25-3)20(16)26-4/h5-11H,1-4H3. The first kappa shape index (κ1) is 17.5. The molecule has 0 aliphatic carbocycles. The quantitative estimate of drug-likeness (QED) is 0.632. The Morgan fingerprint density at radius 1 is 0.846 bits per heavy atom. The number of carbonyl (C=O) groups is 1. The highest BCUT2D eigenvalue weighted by atomic mass is 16.5. The first-order valence-corrected chi connectivity index (χ1v) is 7.91. The predicted molar refractivity (Wildman–Crippen MR) is 97.8 cm³/mol. The van der Waals surface area contributed by atoms with Crippen LogP contribution in [0.3, 0.4) is 0 Å². The van der Waals surface area contributed by atoms with E-state index >= 15 is 0 Å². The molecule has 134 valence electrons. The number of hydrogen-bond acceptors (Lipinski definition) is 6. The predicted octanol–water partition coefficient (Wildman–Crippen LogP) is 3.50. The highest BCUT2D eigenvalue weighted by Gasteiger charge is 2.23. The second-order valence-electron chi connectivity index (χ2n) is 5.46. The van der Waals surface area contributed by atoms with E-state index < -0.39 is 0 Å². The van der Waals surface area contributed by atoms with Gasteiger partial charge in [-0.2, -0.15) is 0 Å². The van der Waals surface area contributed by atoms with Crippen LogP contribution in [0.25, 0.3) is 10.8 Å². The number of ketones is 1. The van der Waals surface area contributed by atoms with Crippen molar-refractivity contribution in [1.82, 2.24) is 4.98 Å². The number of aromatic nitrogens is 1. The van der Waals surface area contributed by atoms with Crippen molar-refractivity contribution >= 4 is 16.6 Å². The molecule has 3 aromatic rings. The molecule has 0 bridgehead atoms. The number of ether oxygens (including phenoxy) is 4. The molecule has 0 aliphatic heterocycles. The first-order chi connectivity index (χ1) is 12.6. The smallest absolute Gasteiger partial charge is 0.212 e. The minimum Gasteiger partial charge on any atom is -0.497 e. The Hall–Kier alpha value is -3.28. The molecular weight excluding hydrogens is 334 g/mol. The van der Waals surface area contributed by atoms with E-state index in [-0.39, 0.29) is 11.5 Å². The number of methoxy groups -OCH3 is 4. The highest BCUT2D eigenvalue weighted by Crippen LogP contribution is 2.44. The fraction of sp³-hybridized carbons (Fsp3) is 0.200. The lowest BCUT2D eigenvalue weighted by Gasteiger charge is -2.16. The van der Waals surface area contributed by atoms with Crippen molar-refractivity contribution in [3.8, 4) is 23.0 Å². The summed E-state index contributed by atoms with van der Waals surface area (Å²) in [5.74, 6) is 1.80. The van der Waals surface area contributed by atoms with E-state index in [1.54, 1.807) is 56.8 Å². The van der Waals surface area contributed by atoms with Crippen molar-refractivity contribution in [2.45, 2.75) is 0 Å². The topological polar surface area (TPSA) is 66.9 Å². The van der Waals surface area contributed by atoms with E-state index in [9.17, 15) is 4.79 Å². The van der Waals surface area contributed by atoms with Gasteiger partial charge in [0.25, 0.3) is 0 Å². The van der Waals surface area contributed by atoms with Crippen LogP contribution in [0.4, 0.5) is 0 Å². The summed E-state index contributed by atoms with van der Waals surface area (Å²) in [7, 11) is 6.17. The summed E-state index contributed by atoms with van der Waals surface area (Å²) >= 11 is 0. The van der Waals surface area contributed by atoms with Gasteiger partial charge in [-0.05, 0) is 41.8 Å². The van der Waals surface area contributed by atoms with Gasteiger partial charge in [-0.3, -0.25) is 9.78 Å². The molecule has 3 rings (SSSR count). The van der Waals surface area contributed by atoms with Gasteiger partial charge in [0.05, 0.1) is 33.8 Å². The van der Waals surface area contributed by atoms with Gasteiger partial charge in [-0.25, -0.2) is 0 Å². The van der Waals surface area contributed by atoms with Crippen molar-refractivity contribution in [1.29, 1.82) is 0 Å². The van der Waals surface area contributed by atoms with Crippen LogP contribution in [0.5, 0.6) is 23.0 Å². The van der Waals surface area contributed by atoms with Crippen LogP contribution in [0, 0.1) is 0 Å². The maximum Gasteiger partial charge on any atom is 0.212 e. The third-order valence-electron chi connectivity index (χ3n) is 4.12. The lowest BCUT2D eigenvalue weighted by Crippen LogP contribution is -2.07. The van der Waals surface area contributed by atoms with Crippen LogP contribution >= 0.6 is 0 Å². The summed E-state index contributed by atoms with van der Waals surface area (Å²) in [4.78, 5) is 17.4. The molecule has 1 aromatic heterocycles. The minimum absolute atomic E-state index is 0.219. The van der Waals surface area contributed by atoms with E-state index in [4.69, 9.17) is 18.9 Å². The Labute approximate surface area is 151 Å². The van der Waals surface area contributed by atoms with Crippen molar-refractivity contribution in [2.24, 2.45) is 0 Å². The van der Waals surface area contributed by atoms with Gasteiger partial charge in [0.1, 0.15) is 11.4 Å². The molecule has 0 radical (unpaired) electrons. The second kappa shape index (κ2) is 7.31. The van der Waals surface area contributed by atoms with Crippen LogP contribution in [-0.4, -0.2) is 39.2 Å². The lowest BCUT2D eigenvalue weighted by atomic mass is 10.0. The molecule has 26 heavy (non-hydrogen) atoms. The van der Waals surface area contributed by atoms with Crippen molar-refractivity contribution in [2.75, 3.05) is 28.4 Å². The summed E-state index contributed by atoms with van der Waals surface area (Å²) in [6.07, 6.45) is 1.59. The molecule has 6 heteroatoms. The zero-order chi connectivity index (χ0) is 18.7. The maximum absolute atomic E-state index is 13.1. The monoisotopic (exact) mass is 353 g/mol. The van der Waals surface area contributed by atoms with Crippen molar-refractivity contribution in [3.05, 3.63) is 53.9 Å². The molecule has 2 aromatic carbocycles. The normalized spacial score (nSPS) is 10.5. The van der Waals surface area contributed by atoms with E-state index in [1.807, 2.05) is 0 Å². The molecule has 0 amide bonds. The third-order valence-corrected chi connectivity index (χ3v) is 4.12. The fourth-order valence-electron chi connectivity index (χ4n) is 2.86. The fourth-order valence-corrected chi connectivity index (χ4v) is 2.86. The van der Waals surface area contributed by atoms with E-state index in [2.05, 4.69) is 4.98 Å². The Kier molecular flexibility index (Phi) is 4.93. The molecule has 0 N–H and O–H groups in total. The van der Waals surface area contributed by atoms with E-state index in [0.29, 0.717) is 33.9 Å². The van der Waals surface area contributed by atoms with Crippen LogP contribution in [0.2, 0.25) is 0 Å². The summed E-state index contributed by atoms with van der Waals surface area (Å²) in [5, 5.41) is 1.35. The zero-order valence-electron chi connectivity index (χ0n) is 15.0. The molecule has 0 spiro atoms. The molecule has 0 unspecified atom stereocenters. The van der Waals surface area contributed by atoms with Gasteiger partial charge in [0, 0.05) is 11.8 Å². The number of carbonyl (C=O) groups excluding carboxylic acids is 1. The molecule has 6 nitrogen and oxygen atoms in total. The summed E-state index contributed by atoms with van der Waals surface area (Å²) in [5.41, 5.74) is 0.785. The third kappa shape index (κ3) is 2.90. The molecule has 0 aliphatic rings. The van der Waals surface area contributed by atoms with Gasteiger partial charge in [-0.1, -0.05) is 0 Å². The minimum atomic E-state index is -0.219. The summed E-state index contributed by atoms with van der Waals surface area (Å²) in [6.45, 7) is 0. The Morgan fingerprint density at radius 2 is 1.54 bits per heavy atom. The number of rotatable bonds is 6. The van der Waals surface area contributed by atoms with Gasteiger partial charge >= 0.3 is 0 Å². The number of benzene rings is 2. The molecular formula is C20H19NO5. The summed E-state index contributed by atoms with van der Waals surface area (Å²) in [6, 6.07) is 10.5. The first-order valence-electron chi connectivity index (χ1n) is 7.91. The van der Waals surface area contributed by atoms with E-state index in [1.165, 1.54) is 14.2 Å². The van der Waals surface area contributed by atoms with Crippen LogP contribution in [0.1, 0.15) is 16.1 Å². The largest absolute Gasteiger partial charge is 0.497 e. The molecule has 0 fully saturated rings. The summed E-state index contributed by atoms with van der Waals surface area (Å²) < 4.78 is 21.5. The van der Waals surface area contributed by atoms with E-state index in [0.717, 1.165) is 5.39 Å². The second-order valence-corrected chi connectivity index (χ2v) is 5.46. The molecule has 0 saturated heterocycles. The Morgan fingerprint density at radius 3 is 2.12 bits per heavy atom. The number of nitrogens with zero attached hydrogens (tertiary/aromatic N) is 1. The number of fused-ring (bicyclic) bond motifs is 1. The zero-order valence-corrected chi connectivity index (χ0v) is 15.0. The highest BCUT2D eigenvalue weighted by molar-refractivity contribution is 6.17. The van der Waals surface area contributed by atoms with Crippen molar-refractivity contribution in [3.63, 3.8) is 0 Å². The van der Waals surface area contributed by atoms with Crippen LogP contribution in [0.15, 0.2) is 42.6 Å². The molecule has 1 heterocycles. The van der Waals surface area contributed by atoms with Gasteiger partial charge in [0.15, 0.2) is 11.5 Å². The molecule has 0 atom stereocenters. The van der Waals surface area contributed by atoms with Crippen molar-refractivity contribution < 1.29 is 23.7 Å². The van der Waals surface area contributed by atoms with Gasteiger partial charge < -0.3 is 18.9 Å². The SMILES string of the molecule is COc1ccc(C(=O)c2nccc3cc(OC)c(OC)c(OC)c23)cc1.